The van der Waals surface area contributed by atoms with Gasteiger partial charge in [0.15, 0.2) is 0 Å². The van der Waals surface area contributed by atoms with E-state index in [9.17, 15) is 18.0 Å². The molecule has 3 aromatic rings. The zero-order valence-electron chi connectivity index (χ0n) is 22.0. The summed E-state index contributed by atoms with van der Waals surface area (Å²) >= 11 is 0. The average molecular weight is 550 g/mol. The first-order valence-corrected chi connectivity index (χ1v) is 14.7. The van der Waals surface area contributed by atoms with Gasteiger partial charge in [-0.3, -0.25) is 4.79 Å². The van der Waals surface area contributed by atoms with Gasteiger partial charge in [-0.2, -0.15) is 0 Å². The number of hydrogen-bond donors (Lipinski definition) is 3. The molecular weight excluding hydrogens is 514 g/mol. The Kier molecular flexibility index (Phi) is 9.73. The number of carbonyl (C=O) groups excluding carboxylic acids is 2. The molecule has 4 rings (SSSR count). The van der Waals surface area contributed by atoms with Crippen LogP contribution in [0.1, 0.15) is 48.4 Å². The number of benzene rings is 3. The van der Waals surface area contributed by atoms with Crippen LogP contribution in [0.2, 0.25) is 0 Å². The Morgan fingerprint density at radius 3 is 2.13 bits per heavy atom. The molecule has 8 nitrogen and oxygen atoms in total. The van der Waals surface area contributed by atoms with E-state index in [1.54, 1.807) is 24.3 Å². The third-order valence-corrected chi connectivity index (χ3v) is 8.47. The number of ether oxygens (including phenoxy) is 1. The lowest BCUT2D eigenvalue weighted by Gasteiger charge is -2.30. The Labute approximate surface area is 230 Å². The van der Waals surface area contributed by atoms with E-state index in [1.807, 2.05) is 67.6 Å². The molecule has 206 valence electrons. The predicted octanol–water partition coefficient (Wildman–Crippen LogP) is 4.62. The molecule has 1 atom stereocenters. The van der Waals surface area contributed by atoms with E-state index >= 15 is 0 Å². The first-order chi connectivity index (χ1) is 18.8. The number of hydrogen-bond acceptors (Lipinski definition) is 5. The Bertz CT molecular complexity index is 1320. The fourth-order valence-corrected chi connectivity index (χ4v) is 5.97. The van der Waals surface area contributed by atoms with Crippen molar-refractivity contribution in [1.82, 2.24) is 15.4 Å². The molecular formula is C30H35N3O5S. The molecule has 2 amide bonds. The van der Waals surface area contributed by atoms with E-state index in [0.717, 1.165) is 16.7 Å². The van der Waals surface area contributed by atoms with Crippen molar-refractivity contribution in [3.63, 3.8) is 0 Å². The Morgan fingerprint density at radius 1 is 0.872 bits per heavy atom. The van der Waals surface area contributed by atoms with Crippen molar-refractivity contribution in [2.75, 3.05) is 6.54 Å². The van der Waals surface area contributed by atoms with Crippen molar-refractivity contribution in [3.8, 4) is 0 Å². The second kappa shape index (κ2) is 13.4. The van der Waals surface area contributed by atoms with Crippen molar-refractivity contribution in [1.29, 1.82) is 0 Å². The van der Waals surface area contributed by atoms with Gasteiger partial charge in [0.2, 0.25) is 15.9 Å². The number of sulfonamides is 1. The predicted molar refractivity (Wildman–Crippen MR) is 149 cm³/mol. The van der Waals surface area contributed by atoms with Crippen LogP contribution < -0.4 is 15.4 Å². The van der Waals surface area contributed by atoms with Gasteiger partial charge in [-0.05, 0) is 55.9 Å². The van der Waals surface area contributed by atoms with E-state index in [0.29, 0.717) is 25.7 Å². The van der Waals surface area contributed by atoms with Crippen molar-refractivity contribution in [2.45, 2.75) is 56.2 Å². The zero-order chi connectivity index (χ0) is 27.7. The van der Waals surface area contributed by atoms with Gasteiger partial charge in [-0.15, -0.1) is 0 Å². The van der Waals surface area contributed by atoms with Crippen LogP contribution in [0.15, 0.2) is 89.8 Å². The molecule has 1 saturated carbocycles. The van der Waals surface area contributed by atoms with Crippen molar-refractivity contribution >= 4 is 22.0 Å². The van der Waals surface area contributed by atoms with Crippen LogP contribution in [0.3, 0.4) is 0 Å². The number of amides is 2. The minimum atomic E-state index is -3.61. The molecule has 3 aromatic carbocycles. The van der Waals surface area contributed by atoms with Crippen LogP contribution >= 0.6 is 0 Å². The highest BCUT2D eigenvalue weighted by molar-refractivity contribution is 7.89. The Morgan fingerprint density at radius 2 is 1.49 bits per heavy atom. The van der Waals surface area contributed by atoms with Crippen LogP contribution in [-0.4, -0.2) is 33.0 Å². The molecule has 0 heterocycles. The van der Waals surface area contributed by atoms with Crippen LogP contribution in [0.4, 0.5) is 4.79 Å². The summed E-state index contributed by atoms with van der Waals surface area (Å²) in [6, 6.07) is 25.0. The number of nitrogens with one attached hydrogen (secondary N) is 3. The monoisotopic (exact) mass is 549 g/mol. The van der Waals surface area contributed by atoms with Gasteiger partial charge in [-0.1, -0.05) is 78.4 Å². The van der Waals surface area contributed by atoms with Gasteiger partial charge in [0.05, 0.1) is 10.9 Å². The van der Waals surface area contributed by atoms with Crippen molar-refractivity contribution < 1.29 is 22.7 Å². The fraction of sp³-hybridized carbons (Fsp3) is 0.333. The minimum absolute atomic E-state index is 0.108. The molecule has 9 heteroatoms. The molecule has 1 aliphatic rings. The number of alkyl carbamates (subject to hydrolysis) is 1. The Balaban J connectivity index is 1.29. The lowest BCUT2D eigenvalue weighted by Crippen LogP contribution is -2.43. The summed E-state index contributed by atoms with van der Waals surface area (Å²) in [5, 5.41) is 5.84. The molecule has 0 saturated heterocycles. The number of aryl methyl sites for hydroxylation is 1. The SMILES string of the molecule is Cc1ccc(S(=O)(=O)N[C@H]2CC[C@H](C(=O)N[C@H](CNC(=O)OCc3ccccc3)c3ccccc3)CC2)cc1. The molecule has 1 fully saturated rings. The lowest BCUT2D eigenvalue weighted by molar-refractivity contribution is -0.126. The highest BCUT2D eigenvalue weighted by Crippen LogP contribution is 2.27. The van der Waals surface area contributed by atoms with Gasteiger partial charge in [0, 0.05) is 18.5 Å². The van der Waals surface area contributed by atoms with Crippen LogP contribution in [0, 0.1) is 12.8 Å². The summed E-state index contributed by atoms with van der Waals surface area (Å²) in [4.78, 5) is 25.7. The van der Waals surface area contributed by atoms with E-state index in [2.05, 4.69) is 15.4 Å². The first kappa shape index (κ1) is 28.3. The maximum atomic E-state index is 13.2. The lowest BCUT2D eigenvalue weighted by atomic mass is 9.85. The normalized spacial score (nSPS) is 18.1. The van der Waals surface area contributed by atoms with E-state index in [-0.39, 0.29) is 35.9 Å². The van der Waals surface area contributed by atoms with Crippen LogP contribution in [-0.2, 0) is 26.2 Å². The van der Waals surface area contributed by atoms with Gasteiger partial charge < -0.3 is 15.4 Å². The summed E-state index contributed by atoms with van der Waals surface area (Å²) in [7, 11) is -3.61. The smallest absolute Gasteiger partial charge is 0.407 e. The summed E-state index contributed by atoms with van der Waals surface area (Å²) in [6.45, 7) is 2.24. The minimum Gasteiger partial charge on any atom is -0.445 e. The molecule has 0 bridgehead atoms. The van der Waals surface area contributed by atoms with Gasteiger partial charge in [0.25, 0.3) is 0 Å². The second-order valence-electron chi connectivity index (χ2n) is 9.90. The van der Waals surface area contributed by atoms with Crippen molar-refractivity contribution in [3.05, 3.63) is 102 Å². The molecule has 0 unspecified atom stereocenters. The van der Waals surface area contributed by atoms with E-state index in [4.69, 9.17) is 4.74 Å². The largest absolute Gasteiger partial charge is 0.445 e. The van der Waals surface area contributed by atoms with Gasteiger partial charge in [0.1, 0.15) is 6.61 Å². The zero-order valence-corrected chi connectivity index (χ0v) is 22.8. The van der Waals surface area contributed by atoms with Gasteiger partial charge >= 0.3 is 6.09 Å². The molecule has 1 aliphatic carbocycles. The van der Waals surface area contributed by atoms with Crippen molar-refractivity contribution in [2.24, 2.45) is 5.92 Å². The topological polar surface area (TPSA) is 114 Å². The standard InChI is InChI=1S/C30H35N3O5S/c1-22-12-18-27(19-13-22)39(36,37)33-26-16-14-25(15-17-26)29(34)32-28(24-10-6-3-7-11-24)20-31-30(35)38-21-23-8-4-2-5-9-23/h2-13,18-19,25-26,28,33H,14-17,20-21H2,1H3,(H,31,35)(H,32,34)/t25-,26-,28-/m1/s1. The third-order valence-electron chi connectivity index (χ3n) is 6.93. The molecule has 39 heavy (non-hydrogen) atoms. The summed E-state index contributed by atoms with van der Waals surface area (Å²) < 4.78 is 33.6. The molecule has 3 N–H and O–H groups in total. The maximum Gasteiger partial charge on any atom is 0.407 e. The Hall–Kier alpha value is -3.69. The maximum absolute atomic E-state index is 13.2. The van der Waals surface area contributed by atoms with Crippen LogP contribution in [0.5, 0.6) is 0 Å². The molecule has 0 spiro atoms. The second-order valence-corrected chi connectivity index (χ2v) is 11.6. The van der Waals surface area contributed by atoms with E-state index in [1.165, 1.54) is 0 Å². The quantitative estimate of drug-likeness (QED) is 0.342. The van der Waals surface area contributed by atoms with E-state index < -0.39 is 22.2 Å². The average Bonchev–Trinajstić information content (AvgIpc) is 2.95. The van der Waals surface area contributed by atoms with Crippen LogP contribution in [0.25, 0.3) is 0 Å². The molecule has 0 aromatic heterocycles. The summed E-state index contributed by atoms with van der Waals surface area (Å²) in [6.07, 6.45) is 1.73. The number of rotatable bonds is 10. The highest BCUT2D eigenvalue weighted by atomic mass is 32.2. The summed E-state index contributed by atoms with van der Waals surface area (Å²) in [5.74, 6) is -0.343. The third kappa shape index (κ3) is 8.40. The summed E-state index contributed by atoms with van der Waals surface area (Å²) in [5.41, 5.74) is 2.75. The number of carbonyl (C=O) groups is 2. The fourth-order valence-electron chi connectivity index (χ4n) is 4.67. The molecule has 0 radical (unpaired) electrons. The first-order valence-electron chi connectivity index (χ1n) is 13.2. The molecule has 0 aliphatic heterocycles. The van der Waals surface area contributed by atoms with Gasteiger partial charge in [-0.25, -0.2) is 17.9 Å². The highest BCUT2D eigenvalue weighted by Gasteiger charge is 2.30.